The third kappa shape index (κ3) is 1.89. The van der Waals surface area contributed by atoms with E-state index >= 15 is 0 Å². The van der Waals surface area contributed by atoms with E-state index in [2.05, 4.69) is 20.5 Å². The number of aromatic nitrogens is 2. The van der Waals surface area contributed by atoms with E-state index in [1.54, 1.807) is 24.0 Å². The molecule has 1 amide bonds. The normalized spacial score (nSPS) is 15.5. The lowest BCUT2D eigenvalue weighted by Gasteiger charge is -1.99. The molecule has 5 nitrogen and oxygen atoms in total. The maximum atomic E-state index is 11.4. The van der Waals surface area contributed by atoms with E-state index < -0.39 is 0 Å². The number of aliphatic imine (C=N–C) groups is 1. The summed E-state index contributed by atoms with van der Waals surface area (Å²) in [5, 5.41) is 9.65. The van der Waals surface area contributed by atoms with E-state index in [-0.39, 0.29) is 5.91 Å². The summed E-state index contributed by atoms with van der Waals surface area (Å²) in [4.78, 5) is 15.5. The van der Waals surface area contributed by atoms with Gasteiger partial charge in [0, 0.05) is 11.9 Å². The van der Waals surface area contributed by atoms with Crippen LogP contribution < -0.4 is 5.32 Å². The number of H-pyrrole nitrogens is 1. The lowest BCUT2D eigenvalue weighted by atomic mass is 10.4. The van der Waals surface area contributed by atoms with Gasteiger partial charge >= 0.3 is 0 Å². The summed E-state index contributed by atoms with van der Waals surface area (Å²) in [5.74, 6) is 0.754. The number of thioether (sulfide) groups is 1. The summed E-state index contributed by atoms with van der Waals surface area (Å²) < 4.78 is 0. The number of rotatable bonds is 1. The molecule has 6 heteroatoms. The van der Waals surface area contributed by atoms with Crippen LogP contribution >= 0.6 is 11.8 Å². The monoisotopic (exact) mass is 196 g/mol. The number of nitrogens with zero attached hydrogens (tertiary/aromatic N) is 2. The summed E-state index contributed by atoms with van der Waals surface area (Å²) >= 11 is 1.55. The molecule has 0 unspecified atom stereocenters. The number of hydrogen-bond acceptors (Lipinski definition) is 4. The van der Waals surface area contributed by atoms with E-state index in [0.717, 1.165) is 12.3 Å². The average Bonchev–Trinajstić information content (AvgIpc) is 2.74. The number of hydrogen-bond donors (Lipinski definition) is 2. The molecule has 0 aromatic carbocycles. The fourth-order valence-electron chi connectivity index (χ4n) is 0.958. The van der Waals surface area contributed by atoms with E-state index in [0.29, 0.717) is 10.9 Å². The molecule has 0 fully saturated rings. The topological polar surface area (TPSA) is 70.1 Å². The highest BCUT2D eigenvalue weighted by Crippen LogP contribution is 2.09. The van der Waals surface area contributed by atoms with Gasteiger partial charge in [-0.1, -0.05) is 11.8 Å². The number of nitrogens with one attached hydrogen (secondary N) is 2. The van der Waals surface area contributed by atoms with Crippen molar-refractivity contribution in [2.75, 3.05) is 12.3 Å². The number of amidine groups is 1. The fraction of sp³-hybridized carbons (Fsp3) is 0.286. The van der Waals surface area contributed by atoms with E-state index in [4.69, 9.17) is 0 Å². The quantitative estimate of drug-likeness (QED) is 0.676. The Morgan fingerprint density at radius 3 is 3.23 bits per heavy atom. The van der Waals surface area contributed by atoms with Gasteiger partial charge in [-0.15, -0.1) is 0 Å². The van der Waals surface area contributed by atoms with Crippen molar-refractivity contribution < 1.29 is 4.79 Å². The number of carbonyl (C=O) groups is 1. The predicted molar refractivity (Wildman–Crippen MR) is 50.8 cm³/mol. The Balaban J connectivity index is 1.99. The molecule has 0 spiro atoms. The van der Waals surface area contributed by atoms with Gasteiger partial charge in [0.25, 0.3) is 5.91 Å². The second-order valence-corrected chi connectivity index (χ2v) is 3.54. The van der Waals surface area contributed by atoms with Gasteiger partial charge in [-0.2, -0.15) is 5.10 Å². The van der Waals surface area contributed by atoms with Crippen molar-refractivity contribution in [3.05, 3.63) is 18.0 Å². The molecular weight excluding hydrogens is 188 g/mol. The van der Waals surface area contributed by atoms with Crippen molar-refractivity contribution in [3.63, 3.8) is 0 Å². The number of aromatic amines is 1. The van der Waals surface area contributed by atoms with E-state index in [1.165, 1.54) is 0 Å². The van der Waals surface area contributed by atoms with Crippen LogP contribution in [0.25, 0.3) is 0 Å². The van der Waals surface area contributed by atoms with Crippen LogP contribution in [-0.2, 0) is 0 Å². The Bertz CT molecular complexity index is 332. The highest BCUT2D eigenvalue weighted by atomic mass is 32.2. The van der Waals surface area contributed by atoms with Crippen LogP contribution in [0.15, 0.2) is 17.3 Å². The highest BCUT2D eigenvalue weighted by Gasteiger charge is 2.12. The molecule has 68 valence electrons. The smallest absolute Gasteiger partial charge is 0.275 e. The summed E-state index contributed by atoms with van der Waals surface area (Å²) in [7, 11) is 0. The molecule has 1 aliphatic rings. The lowest BCUT2D eigenvalue weighted by Crippen LogP contribution is -2.27. The average molecular weight is 196 g/mol. The van der Waals surface area contributed by atoms with Crippen molar-refractivity contribution in [2.45, 2.75) is 0 Å². The fourth-order valence-corrected chi connectivity index (χ4v) is 1.68. The van der Waals surface area contributed by atoms with Gasteiger partial charge in [-0.05, 0) is 6.07 Å². The third-order valence-corrected chi connectivity index (χ3v) is 2.44. The maximum absolute atomic E-state index is 11.4. The van der Waals surface area contributed by atoms with Crippen LogP contribution in [0, 0.1) is 0 Å². The van der Waals surface area contributed by atoms with Crippen LogP contribution in [0.3, 0.4) is 0 Å². The van der Waals surface area contributed by atoms with Crippen LogP contribution in [-0.4, -0.2) is 33.6 Å². The molecule has 0 aliphatic carbocycles. The Morgan fingerprint density at radius 2 is 2.62 bits per heavy atom. The van der Waals surface area contributed by atoms with E-state index in [1.807, 2.05) is 0 Å². The molecule has 2 rings (SSSR count). The zero-order valence-corrected chi connectivity index (χ0v) is 7.60. The highest BCUT2D eigenvalue weighted by molar-refractivity contribution is 8.14. The van der Waals surface area contributed by atoms with Gasteiger partial charge in [0.1, 0.15) is 5.69 Å². The Hall–Kier alpha value is -1.30. The molecule has 2 heterocycles. The van der Waals surface area contributed by atoms with Crippen molar-refractivity contribution >= 4 is 22.8 Å². The molecule has 0 saturated heterocycles. The zero-order chi connectivity index (χ0) is 9.10. The van der Waals surface area contributed by atoms with Crippen LogP contribution in [0.4, 0.5) is 0 Å². The second-order valence-electron chi connectivity index (χ2n) is 2.46. The van der Waals surface area contributed by atoms with Gasteiger partial charge < -0.3 is 0 Å². The third-order valence-electron chi connectivity index (χ3n) is 1.55. The van der Waals surface area contributed by atoms with Crippen molar-refractivity contribution in [3.8, 4) is 0 Å². The van der Waals surface area contributed by atoms with Crippen LogP contribution in [0.2, 0.25) is 0 Å². The first-order valence-electron chi connectivity index (χ1n) is 3.84. The van der Waals surface area contributed by atoms with Crippen LogP contribution in [0.1, 0.15) is 10.5 Å². The summed E-state index contributed by atoms with van der Waals surface area (Å²) in [6, 6.07) is 1.62. The number of carbonyl (C=O) groups excluding carboxylic acids is 1. The standard InChI is InChI=1S/C7H8N4OS/c12-6(5-1-2-9-11-5)10-7-8-3-4-13-7/h1-2H,3-4H2,(H,9,11)(H,8,10,12). The van der Waals surface area contributed by atoms with Gasteiger partial charge in [-0.25, -0.2) is 0 Å². The Kier molecular flexibility index (Phi) is 2.31. The van der Waals surface area contributed by atoms with E-state index in [9.17, 15) is 4.79 Å². The molecule has 0 bridgehead atoms. The first-order valence-corrected chi connectivity index (χ1v) is 4.83. The molecule has 13 heavy (non-hydrogen) atoms. The first-order chi connectivity index (χ1) is 6.36. The molecule has 0 saturated carbocycles. The Labute approximate surface area is 79.0 Å². The minimum absolute atomic E-state index is 0.189. The van der Waals surface area contributed by atoms with Crippen LogP contribution in [0.5, 0.6) is 0 Å². The Morgan fingerprint density at radius 1 is 1.69 bits per heavy atom. The first kappa shape index (κ1) is 8.31. The van der Waals surface area contributed by atoms with Gasteiger partial charge in [0.15, 0.2) is 5.17 Å². The van der Waals surface area contributed by atoms with Gasteiger partial charge in [0.2, 0.25) is 0 Å². The predicted octanol–water partition coefficient (Wildman–Crippen LogP) is 0.242. The lowest BCUT2D eigenvalue weighted by molar-refractivity contribution is 0.0973. The zero-order valence-electron chi connectivity index (χ0n) is 6.78. The largest absolute Gasteiger partial charge is 0.300 e. The molecule has 1 aromatic heterocycles. The molecule has 0 radical (unpaired) electrons. The molecule has 1 aliphatic heterocycles. The molecule has 2 N–H and O–H groups in total. The minimum Gasteiger partial charge on any atom is -0.300 e. The molecule has 0 atom stereocenters. The second kappa shape index (κ2) is 3.61. The SMILES string of the molecule is O=C(NC1=NCCS1)c1ccn[nH]1. The van der Waals surface area contributed by atoms with Crippen molar-refractivity contribution in [2.24, 2.45) is 4.99 Å². The summed E-state index contributed by atoms with van der Waals surface area (Å²) in [5.41, 5.74) is 0.454. The summed E-state index contributed by atoms with van der Waals surface area (Å²) in [6.45, 7) is 0.781. The summed E-state index contributed by atoms with van der Waals surface area (Å²) in [6.07, 6.45) is 1.54. The number of amides is 1. The maximum Gasteiger partial charge on any atom is 0.275 e. The molecule has 1 aromatic rings. The van der Waals surface area contributed by atoms with Gasteiger partial charge in [-0.3, -0.25) is 20.2 Å². The van der Waals surface area contributed by atoms with Gasteiger partial charge in [0.05, 0.1) is 6.54 Å². The van der Waals surface area contributed by atoms with Crippen molar-refractivity contribution in [1.82, 2.24) is 15.5 Å². The molecular formula is C7H8N4OS. The minimum atomic E-state index is -0.189. The van der Waals surface area contributed by atoms with Crippen molar-refractivity contribution in [1.29, 1.82) is 0 Å².